The fourth-order valence-corrected chi connectivity index (χ4v) is 0.953. The molecular formula is C8H19GaO2. The van der Waals surface area contributed by atoms with Crippen LogP contribution < -0.4 is 0 Å². The number of carbonyl (C=O) groups is 1. The van der Waals surface area contributed by atoms with Gasteiger partial charge in [-0.3, -0.25) is 4.79 Å². The average molecular weight is 217 g/mol. The van der Waals surface area contributed by atoms with Crippen molar-refractivity contribution in [3.63, 3.8) is 0 Å². The normalized spacial score (nSPS) is 11.8. The molecule has 0 heterocycles. The molecule has 0 aromatic rings. The van der Waals surface area contributed by atoms with E-state index in [1.165, 1.54) is 0 Å². The molecule has 0 aromatic heterocycles. The summed E-state index contributed by atoms with van der Waals surface area (Å²) in [7, 11) is 0. The van der Waals surface area contributed by atoms with Crippen LogP contribution in [0.1, 0.15) is 39.5 Å². The van der Waals surface area contributed by atoms with E-state index in [9.17, 15) is 4.79 Å². The first-order valence-corrected chi connectivity index (χ1v) is 3.95. The molecule has 0 amide bonds. The van der Waals surface area contributed by atoms with E-state index in [1.54, 1.807) is 0 Å². The van der Waals surface area contributed by atoms with Crippen molar-refractivity contribution in [1.82, 2.24) is 0 Å². The fourth-order valence-electron chi connectivity index (χ4n) is 0.953. The average Bonchev–Trinajstić information content (AvgIpc) is 1.89. The van der Waals surface area contributed by atoms with Crippen LogP contribution in [0.2, 0.25) is 0 Å². The molecule has 1 N–H and O–H groups in total. The van der Waals surface area contributed by atoms with E-state index in [4.69, 9.17) is 5.11 Å². The summed E-state index contributed by atoms with van der Waals surface area (Å²) in [5.41, 5.74) is 0. The van der Waals surface area contributed by atoms with Crippen molar-refractivity contribution in [2.45, 2.75) is 39.5 Å². The molecular weight excluding hydrogens is 198 g/mol. The van der Waals surface area contributed by atoms with Crippen molar-refractivity contribution in [2.75, 3.05) is 0 Å². The molecule has 0 saturated carbocycles. The Bertz CT molecular complexity index is 104. The van der Waals surface area contributed by atoms with Crippen LogP contribution in [0, 0.1) is 5.92 Å². The number of rotatable bonds is 5. The summed E-state index contributed by atoms with van der Waals surface area (Å²) in [6.45, 7) is 4.00. The summed E-state index contributed by atoms with van der Waals surface area (Å²) in [5, 5.41) is 8.60. The molecule has 11 heavy (non-hydrogen) atoms. The minimum absolute atomic E-state index is 0. The van der Waals surface area contributed by atoms with Gasteiger partial charge in [-0.2, -0.15) is 0 Å². The van der Waals surface area contributed by atoms with Gasteiger partial charge in [0.1, 0.15) is 0 Å². The number of aliphatic carboxylic acids is 1. The Kier molecular flexibility index (Phi) is 10.2. The van der Waals surface area contributed by atoms with Gasteiger partial charge in [0, 0.05) is 0 Å². The summed E-state index contributed by atoms with van der Waals surface area (Å²) in [6, 6.07) is 0. The zero-order chi connectivity index (χ0) is 7.98. The molecule has 1 unspecified atom stereocenters. The Balaban J connectivity index is 0. The zero-order valence-corrected chi connectivity index (χ0v) is 6.76. The van der Waals surface area contributed by atoms with E-state index < -0.39 is 5.97 Å². The maximum atomic E-state index is 10.4. The van der Waals surface area contributed by atoms with Crippen LogP contribution in [0.3, 0.4) is 0 Å². The van der Waals surface area contributed by atoms with Gasteiger partial charge in [0.2, 0.25) is 0 Å². The molecule has 0 aliphatic rings. The van der Waals surface area contributed by atoms with Crippen molar-refractivity contribution in [1.29, 1.82) is 0 Å². The summed E-state index contributed by atoms with van der Waals surface area (Å²) in [5.74, 6) is -0.754. The summed E-state index contributed by atoms with van der Waals surface area (Å²) >= 11 is 0. The third-order valence-corrected chi connectivity index (χ3v) is 1.75. The predicted molar refractivity (Wildman–Crippen MR) is 50.9 cm³/mol. The second kappa shape index (κ2) is 8.21. The molecule has 0 spiro atoms. The molecule has 66 valence electrons. The monoisotopic (exact) mass is 216 g/mol. The molecule has 0 bridgehead atoms. The Morgan fingerprint density at radius 2 is 2.00 bits per heavy atom. The first-order valence-electron chi connectivity index (χ1n) is 3.95. The van der Waals surface area contributed by atoms with Crippen LogP contribution in [-0.4, -0.2) is 30.9 Å². The first-order chi connectivity index (χ1) is 4.72. The van der Waals surface area contributed by atoms with Gasteiger partial charge < -0.3 is 5.11 Å². The zero-order valence-electron chi connectivity index (χ0n) is 6.76. The van der Waals surface area contributed by atoms with E-state index >= 15 is 0 Å². The Labute approximate surface area is 81.4 Å². The van der Waals surface area contributed by atoms with Crippen molar-refractivity contribution in [2.24, 2.45) is 5.92 Å². The quantitative estimate of drug-likeness (QED) is 0.700. The number of carboxylic acids is 1. The van der Waals surface area contributed by atoms with Gasteiger partial charge >= 0.3 is 25.8 Å². The SMILES string of the molecule is CCCCC(CC)C(=O)O.[GaH3]. The molecule has 0 radical (unpaired) electrons. The number of carboxylic acid groups (broad SMARTS) is 1. The second-order valence-corrected chi connectivity index (χ2v) is 2.59. The van der Waals surface area contributed by atoms with Gasteiger partial charge in [0.05, 0.1) is 5.92 Å². The first kappa shape index (κ1) is 13.7. The molecule has 2 nitrogen and oxygen atoms in total. The molecule has 3 heteroatoms. The van der Waals surface area contributed by atoms with Crippen LogP contribution in [0.4, 0.5) is 0 Å². The van der Waals surface area contributed by atoms with Gasteiger partial charge in [-0.25, -0.2) is 0 Å². The standard InChI is InChI=1S/C8H16O2.Ga.3H/c1-3-5-6-7(4-2)8(9)10;;;;/h7H,3-6H2,1-2H3,(H,9,10);;;;. The molecule has 1 atom stereocenters. The molecule has 0 aliphatic heterocycles. The Morgan fingerprint density at radius 1 is 1.45 bits per heavy atom. The van der Waals surface area contributed by atoms with Gasteiger partial charge in [0.15, 0.2) is 0 Å². The van der Waals surface area contributed by atoms with Crippen LogP contribution >= 0.6 is 0 Å². The topological polar surface area (TPSA) is 37.3 Å². The van der Waals surface area contributed by atoms with Crippen LogP contribution in [-0.2, 0) is 4.79 Å². The molecule has 0 rings (SSSR count). The molecule has 0 aliphatic carbocycles. The minimum atomic E-state index is -0.643. The Morgan fingerprint density at radius 3 is 2.27 bits per heavy atom. The van der Waals surface area contributed by atoms with E-state index in [0.717, 1.165) is 25.7 Å². The number of unbranched alkanes of at least 4 members (excludes halogenated alkanes) is 1. The number of hydrogen-bond acceptors (Lipinski definition) is 1. The van der Waals surface area contributed by atoms with Gasteiger partial charge in [0.25, 0.3) is 0 Å². The molecule has 0 saturated heterocycles. The van der Waals surface area contributed by atoms with Crippen molar-refractivity contribution < 1.29 is 9.90 Å². The third-order valence-electron chi connectivity index (χ3n) is 1.75. The predicted octanol–water partition coefficient (Wildman–Crippen LogP) is 1.10. The number of hydrogen-bond donors (Lipinski definition) is 1. The third kappa shape index (κ3) is 6.50. The van der Waals surface area contributed by atoms with Crippen molar-refractivity contribution in [3.05, 3.63) is 0 Å². The second-order valence-electron chi connectivity index (χ2n) is 2.59. The van der Waals surface area contributed by atoms with E-state index in [2.05, 4.69) is 6.92 Å². The van der Waals surface area contributed by atoms with E-state index in [1.807, 2.05) is 6.92 Å². The van der Waals surface area contributed by atoms with Crippen molar-refractivity contribution >= 4 is 25.8 Å². The van der Waals surface area contributed by atoms with E-state index in [0.29, 0.717) is 0 Å². The van der Waals surface area contributed by atoms with Gasteiger partial charge in [-0.05, 0) is 12.8 Å². The fraction of sp³-hybridized carbons (Fsp3) is 0.875. The van der Waals surface area contributed by atoms with Crippen LogP contribution in [0.5, 0.6) is 0 Å². The van der Waals surface area contributed by atoms with Crippen LogP contribution in [0.15, 0.2) is 0 Å². The summed E-state index contributed by atoms with van der Waals surface area (Å²) in [6.07, 6.45) is 3.71. The summed E-state index contributed by atoms with van der Waals surface area (Å²) in [4.78, 5) is 10.4. The summed E-state index contributed by atoms with van der Waals surface area (Å²) < 4.78 is 0. The van der Waals surface area contributed by atoms with Crippen molar-refractivity contribution in [3.8, 4) is 0 Å². The van der Waals surface area contributed by atoms with Crippen LogP contribution in [0.25, 0.3) is 0 Å². The van der Waals surface area contributed by atoms with Gasteiger partial charge in [-0.15, -0.1) is 0 Å². The van der Waals surface area contributed by atoms with Gasteiger partial charge in [-0.1, -0.05) is 26.7 Å². The van der Waals surface area contributed by atoms with E-state index in [-0.39, 0.29) is 25.7 Å². The molecule has 0 aromatic carbocycles. The maximum absolute atomic E-state index is 10.4. The molecule has 0 fully saturated rings. The Hall–Kier alpha value is 0.106.